The van der Waals surface area contributed by atoms with Crippen molar-refractivity contribution in [3.63, 3.8) is 0 Å². The Bertz CT molecular complexity index is 449. The van der Waals surface area contributed by atoms with E-state index in [1.54, 1.807) is 0 Å². The monoisotopic (exact) mass is 265 g/mol. The second kappa shape index (κ2) is 6.19. The minimum Gasteiger partial charge on any atom is -0.488 e. The molecule has 0 aliphatic carbocycles. The third-order valence-electron chi connectivity index (χ3n) is 2.70. The standard InChI is InChI=1S/C13H15NO5/c15-12(7-18-8-13(16)17)14-6-10-5-9-3-1-2-4-11(9)19-10/h1-4,10H,5-8H2,(H,14,15)(H,16,17). The van der Waals surface area contributed by atoms with Crippen LogP contribution in [0.3, 0.4) is 0 Å². The van der Waals surface area contributed by atoms with Crippen molar-refractivity contribution >= 4 is 11.9 Å². The maximum atomic E-state index is 11.4. The molecule has 19 heavy (non-hydrogen) atoms. The van der Waals surface area contributed by atoms with Gasteiger partial charge in [0.25, 0.3) is 0 Å². The SMILES string of the molecule is O=C(O)COCC(=O)NCC1Cc2ccccc2O1. The van der Waals surface area contributed by atoms with Crippen LogP contribution in [-0.2, 0) is 20.7 Å². The average molecular weight is 265 g/mol. The molecule has 1 aromatic carbocycles. The van der Waals surface area contributed by atoms with Crippen molar-refractivity contribution in [3.05, 3.63) is 29.8 Å². The first-order chi connectivity index (χ1) is 9.15. The average Bonchev–Trinajstić information content (AvgIpc) is 2.78. The lowest BCUT2D eigenvalue weighted by Crippen LogP contribution is -2.36. The Balaban J connectivity index is 1.67. The number of carboxylic acids is 1. The van der Waals surface area contributed by atoms with E-state index < -0.39 is 12.6 Å². The number of rotatable bonds is 6. The minimum atomic E-state index is -1.10. The van der Waals surface area contributed by atoms with Gasteiger partial charge in [0.2, 0.25) is 5.91 Å². The Morgan fingerprint density at radius 3 is 2.89 bits per heavy atom. The molecule has 1 amide bonds. The van der Waals surface area contributed by atoms with Gasteiger partial charge in [-0.05, 0) is 11.6 Å². The van der Waals surface area contributed by atoms with Crippen molar-refractivity contribution in [2.24, 2.45) is 0 Å². The van der Waals surface area contributed by atoms with Crippen LogP contribution in [-0.4, -0.2) is 42.8 Å². The molecule has 0 radical (unpaired) electrons. The number of amides is 1. The van der Waals surface area contributed by atoms with Gasteiger partial charge in [0.1, 0.15) is 25.1 Å². The van der Waals surface area contributed by atoms with Crippen LogP contribution in [0.5, 0.6) is 5.75 Å². The molecule has 0 spiro atoms. The van der Waals surface area contributed by atoms with Gasteiger partial charge >= 0.3 is 5.97 Å². The van der Waals surface area contributed by atoms with Crippen molar-refractivity contribution < 1.29 is 24.2 Å². The van der Waals surface area contributed by atoms with Crippen LogP contribution in [0.1, 0.15) is 5.56 Å². The summed E-state index contributed by atoms with van der Waals surface area (Å²) in [6.45, 7) is -0.352. The van der Waals surface area contributed by atoms with Crippen LogP contribution in [0, 0.1) is 0 Å². The molecule has 1 heterocycles. The zero-order valence-electron chi connectivity index (χ0n) is 10.3. The predicted molar refractivity (Wildman–Crippen MR) is 66.0 cm³/mol. The maximum Gasteiger partial charge on any atom is 0.329 e. The molecule has 1 unspecified atom stereocenters. The number of fused-ring (bicyclic) bond motifs is 1. The highest BCUT2D eigenvalue weighted by atomic mass is 16.5. The second-order valence-corrected chi connectivity index (χ2v) is 4.24. The largest absolute Gasteiger partial charge is 0.488 e. The molecule has 0 saturated heterocycles. The van der Waals surface area contributed by atoms with Crippen LogP contribution in [0.15, 0.2) is 24.3 Å². The summed E-state index contributed by atoms with van der Waals surface area (Å²) in [7, 11) is 0. The molecule has 1 atom stereocenters. The van der Waals surface area contributed by atoms with Crippen molar-refractivity contribution in [1.29, 1.82) is 0 Å². The van der Waals surface area contributed by atoms with Gasteiger partial charge < -0.3 is 19.9 Å². The number of hydrogen-bond donors (Lipinski definition) is 2. The lowest BCUT2D eigenvalue weighted by Gasteiger charge is -2.11. The molecule has 2 rings (SSSR count). The quantitative estimate of drug-likeness (QED) is 0.768. The van der Waals surface area contributed by atoms with Crippen LogP contribution in [0.25, 0.3) is 0 Å². The van der Waals surface area contributed by atoms with E-state index in [2.05, 4.69) is 10.1 Å². The molecule has 0 saturated carbocycles. The highest BCUT2D eigenvalue weighted by Crippen LogP contribution is 2.27. The first kappa shape index (κ1) is 13.4. The molecule has 6 nitrogen and oxygen atoms in total. The molecule has 0 fully saturated rings. The van der Waals surface area contributed by atoms with Crippen molar-refractivity contribution in [1.82, 2.24) is 5.32 Å². The van der Waals surface area contributed by atoms with E-state index >= 15 is 0 Å². The van der Waals surface area contributed by atoms with Crippen molar-refractivity contribution in [2.75, 3.05) is 19.8 Å². The summed E-state index contributed by atoms with van der Waals surface area (Å²) >= 11 is 0. The molecule has 1 aliphatic heterocycles. The van der Waals surface area contributed by atoms with Crippen LogP contribution in [0.2, 0.25) is 0 Å². The van der Waals surface area contributed by atoms with Crippen molar-refractivity contribution in [3.8, 4) is 5.75 Å². The van der Waals surface area contributed by atoms with Crippen LogP contribution in [0.4, 0.5) is 0 Å². The lowest BCUT2D eigenvalue weighted by atomic mass is 10.1. The summed E-state index contributed by atoms with van der Waals surface area (Å²) < 4.78 is 10.3. The summed E-state index contributed by atoms with van der Waals surface area (Å²) in [5, 5.41) is 11.0. The molecule has 102 valence electrons. The Morgan fingerprint density at radius 2 is 2.16 bits per heavy atom. The summed E-state index contributed by atoms with van der Waals surface area (Å²) in [5.74, 6) is -0.591. The zero-order valence-corrected chi connectivity index (χ0v) is 10.3. The number of carbonyl (C=O) groups is 2. The third-order valence-corrected chi connectivity index (χ3v) is 2.70. The topological polar surface area (TPSA) is 84.9 Å². The van der Waals surface area contributed by atoms with Gasteiger partial charge in [-0.25, -0.2) is 4.79 Å². The highest BCUT2D eigenvalue weighted by molar-refractivity contribution is 5.77. The molecular formula is C13H15NO5. The zero-order chi connectivity index (χ0) is 13.7. The first-order valence-corrected chi connectivity index (χ1v) is 5.96. The Labute approximate surface area is 110 Å². The van der Waals surface area contributed by atoms with Gasteiger partial charge in [-0.3, -0.25) is 4.79 Å². The van der Waals surface area contributed by atoms with Gasteiger partial charge in [-0.15, -0.1) is 0 Å². The van der Waals surface area contributed by atoms with E-state index in [9.17, 15) is 9.59 Å². The lowest BCUT2D eigenvalue weighted by molar-refractivity contribution is -0.143. The number of ether oxygens (including phenoxy) is 2. The fourth-order valence-electron chi connectivity index (χ4n) is 1.88. The fourth-order valence-corrected chi connectivity index (χ4v) is 1.88. The Kier molecular flexibility index (Phi) is 4.35. The second-order valence-electron chi connectivity index (χ2n) is 4.24. The van der Waals surface area contributed by atoms with Gasteiger partial charge in [0, 0.05) is 6.42 Å². The number of para-hydroxylation sites is 1. The predicted octanol–water partition coefficient (Wildman–Crippen LogP) is 0.208. The first-order valence-electron chi connectivity index (χ1n) is 5.96. The summed E-state index contributed by atoms with van der Waals surface area (Å²) in [6.07, 6.45) is 0.674. The fraction of sp³-hybridized carbons (Fsp3) is 0.385. The number of hydrogen-bond acceptors (Lipinski definition) is 4. The normalized spacial score (nSPS) is 16.5. The Hall–Kier alpha value is -2.08. The van der Waals surface area contributed by atoms with Gasteiger partial charge in [-0.1, -0.05) is 18.2 Å². The van der Waals surface area contributed by atoms with E-state index in [1.807, 2.05) is 24.3 Å². The van der Waals surface area contributed by atoms with Crippen LogP contribution >= 0.6 is 0 Å². The highest BCUT2D eigenvalue weighted by Gasteiger charge is 2.22. The number of benzene rings is 1. The summed E-state index contributed by atoms with van der Waals surface area (Å²) in [5.41, 5.74) is 1.13. The smallest absolute Gasteiger partial charge is 0.329 e. The summed E-state index contributed by atoms with van der Waals surface area (Å²) in [6, 6.07) is 7.74. The molecule has 0 bridgehead atoms. The van der Waals surface area contributed by atoms with E-state index in [4.69, 9.17) is 9.84 Å². The number of aliphatic carboxylic acids is 1. The van der Waals surface area contributed by atoms with E-state index in [-0.39, 0.29) is 18.6 Å². The maximum absolute atomic E-state index is 11.4. The molecule has 1 aromatic rings. The van der Waals surface area contributed by atoms with Gasteiger partial charge in [0.15, 0.2) is 0 Å². The van der Waals surface area contributed by atoms with Crippen molar-refractivity contribution in [2.45, 2.75) is 12.5 Å². The van der Waals surface area contributed by atoms with Gasteiger partial charge in [0.05, 0.1) is 6.54 Å². The molecule has 2 N–H and O–H groups in total. The number of nitrogens with one attached hydrogen (secondary N) is 1. The third kappa shape index (κ3) is 3.96. The number of carboxylic acid groups (broad SMARTS) is 1. The molecule has 0 aromatic heterocycles. The van der Waals surface area contributed by atoms with Crippen LogP contribution < -0.4 is 10.1 Å². The Morgan fingerprint density at radius 1 is 1.37 bits per heavy atom. The van der Waals surface area contributed by atoms with Gasteiger partial charge in [-0.2, -0.15) is 0 Å². The van der Waals surface area contributed by atoms with E-state index in [0.717, 1.165) is 17.7 Å². The number of carbonyl (C=O) groups excluding carboxylic acids is 1. The molecule has 1 aliphatic rings. The molecule has 6 heteroatoms. The van der Waals surface area contributed by atoms with E-state index in [0.29, 0.717) is 6.54 Å². The van der Waals surface area contributed by atoms with E-state index in [1.165, 1.54) is 0 Å². The summed E-state index contributed by atoms with van der Waals surface area (Å²) in [4.78, 5) is 21.6. The minimum absolute atomic E-state index is 0.0826. The molecular weight excluding hydrogens is 250 g/mol.